The normalized spacial score (nSPS) is 24.5. The minimum Gasteiger partial charge on any atom is -0.382 e. The number of benzene rings is 1. The number of rotatable bonds is 2. The zero-order chi connectivity index (χ0) is 14.7. The second-order valence-corrected chi connectivity index (χ2v) is 6.12. The quantitative estimate of drug-likeness (QED) is 0.908. The second kappa shape index (κ2) is 6.05. The maximum absolute atomic E-state index is 9.05. The van der Waals surface area contributed by atoms with Gasteiger partial charge in [-0.1, -0.05) is 6.07 Å². The smallest absolute Gasteiger partial charge is 0.0992 e. The molecule has 1 aromatic rings. The van der Waals surface area contributed by atoms with Crippen LogP contribution in [0.3, 0.4) is 0 Å². The fourth-order valence-electron chi connectivity index (χ4n) is 3.31. The van der Waals surface area contributed by atoms with Crippen molar-refractivity contribution < 1.29 is 9.47 Å². The van der Waals surface area contributed by atoms with Crippen molar-refractivity contribution in [1.82, 2.24) is 0 Å². The molecule has 3 rings (SSSR count). The summed E-state index contributed by atoms with van der Waals surface area (Å²) in [5, 5.41) is 12.7. The first-order valence-corrected chi connectivity index (χ1v) is 7.70. The zero-order valence-electron chi connectivity index (χ0n) is 12.5. The average Bonchev–Trinajstić information content (AvgIpc) is 2.50. The number of hydrogen-bond acceptors (Lipinski definition) is 4. The molecule has 1 aromatic carbocycles. The van der Waals surface area contributed by atoms with Gasteiger partial charge in [-0.15, -0.1) is 0 Å². The van der Waals surface area contributed by atoms with E-state index >= 15 is 0 Å². The average molecular weight is 286 g/mol. The number of anilines is 1. The molecule has 2 aliphatic heterocycles. The van der Waals surface area contributed by atoms with E-state index in [1.807, 2.05) is 18.2 Å². The number of ether oxygens (including phenoxy) is 2. The van der Waals surface area contributed by atoms with E-state index in [0.29, 0.717) is 11.6 Å². The Morgan fingerprint density at radius 1 is 1.29 bits per heavy atom. The van der Waals surface area contributed by atoms with Crippen LogP contribution in [0, 0.1) is 18.3 Å². The van der Waals surface area contributed by atoms with Gasteiger partial charge in [-0.05, 0) is 50.3 Å². The van der Waals surface area contributed by atoms with Gasteiger partial charge in [-0.3, -0.25) is 0 Å². The summed E-state index contributed by atoms with van der Waals surface area (Å²) in [5.41, 5.74) is 2.95. The third-order valence-electron chi connectivity index (χ3n) is 4.62. The minimum atomic E-state index is -0.00505. The molecule has 1 N–H and O–H groups in total. The molecular formula is C17H22N2O2. The summed E-state index contributed by atoms with van der Waals surface area (Å²) >= 11 is 0. The Kier molecular flexibility index (Phi) is 4.14. The minimum absolute atomic E-state index is 0.00505. The summed E-state index contributed by atoms with van der Waals surface area (Å²) in [4.78, 5) is 0. The fraction of sp³-hybridized carbons (Fsp3) is 0.588. The molecule has 0 bridgehead atoms. The van der Waals surface area contributed by atoms with Crippen LogP contribution in [0.4, 0.5) is 5.69 Å². The molecule has 2 heterocycles. The SMILES string of the molecule is Cc1ccc(C#N)cc1NC1CCOC2(CCOCC2)C1. The first-order chi connectivity index (χ1) is 10.2. The molecule has 4 heteroatoms. The van der Waals surface area contributed by atoms with Crippen molar-refractivity contribution >= 4 is 5.69 Å². The Labute approximate surface area is 126 Å². The Balaban J connectivity index is 1.71. The Morgan fingerprint density at radius 3 is 2.86 bits per heavy atom. The van der Waals surface area contributed by atoms with Crippen molar-refractivity contribution in [1.29, 1.82) is 5.26 Å². The van der Waals surface area contributed by atoms with Gasteiger partial charge in [0.05, 0.1) is 17.2 Å². The van der Waals surface area contributed by atoms with Crippen LogP contribution in [0.5, 0.6) is 0 Å². The number of nitrogens with one attached hydrogen (secondary N) is 1. The van der Waals surface area contributed by atoms with E-state index in [1.54, 1.807) is 0 Å². The predicted molar refractivity (Wildman–Crippen MR) is 81.3 cm³/mol. The largest absolute Gasteiger partial charge is 0.382 e. The lowest BCUT2D eigenvalue weighted by Crippen LogP contribution is -2.47. The zero-order valence-corrected chi connectivity index (χ0v) is 12.5. The molecule has 1 atom stereocenters. The second-order valence-electron chi connectivity index (χ2n) is 6.12. The number of hydrogen-bond donors (Lipinski definition) is 1. The van der Waals surface area contributed by atoms with Crippen molar-refractivity contribution in [3.05, 3.63) is 29.3 Å². The van der Waals surface area contributed by atoms with Crippen LogP contribution in [-0.4, -0.2) is 31.5 Å². The molecule has 4 nitrogen and oxygen atoms in total. The van der Waals surface area contributed by atoms with Crippen LogP contribution in [0.1, 0.15) is 36.8 Å². The number of aryl methyl sites for hydroxylation is 1. The molecule has 112 valence electrons. The molecule has 0 saturated carbocycles. The molecule has 1 spiro atoms. The van der Waals surface area contributed by atoms with Crippen molar-refractivity contribution in [2.24, 2.45) is 0 Å². The lowest BCUT2D eigenvalue weighted by atomic mass is 9.84. The van der Waals surface area contributed by atoms with E-state index in [4.69, 9.17) is 14.7 Å². The van der Waals surface area contributed by atoms with E-state index in [9.17, 15) is 0 Å². The maximum atomic E-state index is 9.05. The monoisotopic (exact) mass is 286 g/mol. The van der Waals surface area contributed by atoms with Gasteiger partial charge in [0, 0.05) is 31.5 Å². The lowest BCUT2D eigenvalue weighted by molar-refractivity contribution is -0.135. The molecule has 2 aliphatic rings. The van der Waals surface area contributed by atoms with Gasteiger partial charge in [0.15, 0.2) is 0 Å². The van der Waals surface area contributed by atoms with Crippen molar-refractivity contribution in [3.63, 3.8) is 0 Å². The van der Waals surface area contributed by atoms with E-state index < -0.39 is 0 Å². The van der Waals surface area contributed by atoms with Crippen molar-refractivity contribution in [2.45, 2.75) is 44.2 Å². The maximum Gasteiger partial charge on any atom is 0.0992 e. The summed E-state index contributed by atoms with van der Waals surface area (Å²) in [6.07, 6.45) is 4.01. The molecular weight excluding hydrogens is 264 g/mol. The Bertz CT molecular complexity index is 539. The van der Waals surface area contributed by atoms with Gasteiger partial charge < -0.3 is 14.8 Å². The lowest BCUT2D eigenvalue weighted by Gasteiger charge is -2.43. The number of nitrogens with zero attached hydrogens (tertiary/aromatic N) is 1. The molecule has 1 unspecified atom stereocenters. The highest BCUT2D eigenvalue weighted by molar-refractivity contribution is 5.55. The molecule has 0 amide bonds. The molecule has 0 aliphatic carbocycles. The van der Waals surface area contributed by atoms with Crippen molar-refractivity contribution in [2.75, 3.05) is 25.1 Å². The molecule has 0 radical (unpaired) electrons. The molecule has 2 fully saturated rings. The van der Waals surface area contributed by atoms with Gasteiger partial charge in [0.2, 0.25) is 0 Å². The first kappa shape index (κ1) is 14.4. The van der Waals surface area contributed by atoms with E-state index in [1.165, 1.54) is 5.56 Å². The van der Waals surface area contributed by atoms with Crippen LogP contribution in [0.25, 0.3) is 0 Å². The van der Waals surface area contributed by atoms with Gasteiger partial charge in [-0.2, -0.15) is 5.26 Å². The summed E-state index contributed by atoms with van der Waals surface area (Å²) in [7, 11) is 0. The predicted octanol–water partition coefficient (Wildman–Crippen LogP) is 3.01. The van der Waals surface area contributed by atoms with Crippen molar-refractivity contribution in [3.8, 4) is 6.07 Å². The van der Waals surface area contributed by atoms with E-state index in [-0.39, 0.29) is 5.60 Å². The number of nitriles is 1. The third kappa shape index (κ3) is 3.20. The molecule has 0 aromatic heterocycles. The van der Waals surface area contributed by atoms with Crippen LogP contribution in [0.15, 0.2) is 18.2 Å². The van der Waals surface area contributed by atoms with Gasteiger partial charge in [0.1, 0.15) is 0 Å². The standard InChI is InChI=1S/C17H22N2O2/c1-13-2-3-14(12-18)10-16(13)19-15-4-7-21-17(11-15)5-8-20-9-6-17/h2-3,10,15,19H,4-9,11H2,1H3. The highest BCUT2D eigenvalue weighted by Crippen LogP contribution is 2.35. The Hall–Kier alpha value is -1.57. The highest BCUT2D eigenvalue weighted by atomic mass is 16.5. The first-order valence-electron chi connectivity index (χ1n) is 7.70. The fourth-order valence-corrected chi connectivity index (χ4v) is 3.31. The highest BCUT2D eigenvalue weighted by Gasteiger charge is 2.39. The van der Waals surface area contributed by atoms with Gasteiger partial charge in [-0.25, -0.2) is 0 Å². The van der Waals surface area contributed by atoms with Crippen LogP contribution < -0.4 is 5.32 Å². The van der Waals surface area contributed by atoms with Gasteiger partial charge in [0.25, 0.3) is 0 Å². The van der Waals surface area contributed by atoms with E-state index in [0.717, 1.165) is 51.2 Å². The molecule has 21 heavy (non-hydrogen) atoms. The third-order valence-corrected chi connectivity index (χ3v) is 4.62. The van der Waals surface area contributed by atoms with E-state index in [2.05, 4.69) is 18.3 Å². The van der Waals surface area contributed by atoms with Gasteiger partial charge >= 0.3 is 0 Å². The summed E-state index contributed by atoms with van der Waals surface area (Å²) < 4.78 is 11.5. The van der Waals surface area contributed by atoms with Crippen LogP contribution >= 0.6 is 0 Å². The Morgan fingerprint density at radius 2 is 2.10 bits per heavy atom. The topological polar surface area (TPSA) is 54.3 Å². The molecule has 2 saturated heterocycles. The van der Waals surface area contributed by atoms with Crippen LogP contribution in [-0.2, 0) is 9.47 Å². The van der Waals surface area contributed by atoms with Crippen LogP contribution in [0.2, 0.25) is 0 Å². The summed E-state index contributed by atoms with van der Waals surface area (Å²) in [6.45, 7) is 4.48. The summed E-state index contributed by atoms with van der Waals surface area (Å²) in [6, 6.07) is 8.43. The summed E-state index contributed by atoms with van der Waals surface area (Å²) in [5.74, 6) is 0.